The van der Waals surface area contributed by atoms with E-state index in [0.29, 0.717) is 6.54 Å². The second-order valence-corrected chi connectivity index (χ2v) is 5.66. The molecule has 4 nitrogen and oxygen atoms in total. The zero-order chi connectivity index (χ0) is 13.2. The van der Waals surface area contributed by atoms with Crippen LogP contribution in [0.3, 0.4) is 0 Å². The lowest BCUT2D eigenvalue weighted by molar-refractivity contribution is -0.121. The standard InChI is InChI=1S/C13H23NO3/c1-6-11-10(9(2)15)7-8-14(11)12(16)17-13(3,4)5/h10-11H,6-8H2,1-5H3. The van der Waals surface area contributed by atoms with Crippen molar-refractivity contribution in [2.45, 2.75) is 59.1 Å². The smallest absolute Gasteiger partial charge is 0.410 e. The number of nitrogens with zero attached hydrogens (tertiary/aromatic N) is 1. The highest BCUT2D eigenvalue weighted by atomic mass is 16.6. The van der Waals surface area contributed by atoms with Gasteiger partial charge in [-0.25, -0.2) is 4.79 Å². The van der Waals surface area contributed by atoms with Crippen LogP contribution in [0.4, 0.5) is 4.79 Å². The maximum atomic E-state index is 12.0. The average molecular weight is 241 g/mol. The van der Waals surface area contributed by atoms with Gasteiger partial charge in [-0.2, -0.15) is 0 Å². The van der Waals surface area contributed by atoms with Gasteiger partial charge < -0.3 is 9.64 Å². The molecule has 1 fully saturated rings. The van der Waals surface area contributed by atoms with Crippen molar-refractivity contribution in [2.24, 2.45) is 5.92 Å². The predicted octanol–water partition coefficient (Wildman–Crippen LogP) is 2.61. The Morgan fingerprint density at radius 2 is 1.94 bits per heavy atom. The number of amides is 1. The summed E-state index contributed by atoms with van der Waals surface area (Å²) in [5.41, 5.74) is -0.482. The Kier molecular flexibility index (Phi) is 4.17. The summed E-state index contributed by atoms with van der Waals surface area (Å²) in [6, 6.07) is 0.00218. The molecule has 2 atom stereocenters. The Balaban J connectivity index is 2.72. The van der Waals surface area contributed by atoms with Crippen LogP contribution in [0.2, 0.25) is 0 Å². The summed E-state index contributed by atoms with van der Waals surface area (Å²) in [5.74, 6) is 0.149. The number of ketones is 1. The van der Waals surface area contributed by atoms with E-state index in [2.05, 4.69) is 0 Å². The summed E-state index contributed by atoms with van der Waals surface area (Å²) in [6.45, 7) is 9.78. The minimum atomic E-state index is -0.482. The quantitative estimate of drug-likeness (QED) is 0.746. The molecule has 1 aliphatic heterocycles. The molecular formula is C13H23NO3. The van der Waals surface area contributed by atoms with Gasteiger partial charge in [0.2, 0.25) is 0 Å². The van der Waals surface area contributed by atoms with Gasteiger partial charge in [-0.1, -0.05) is 6.92 Å². The SMILES string of the molecule is CCC1C(C(C)=O)CCN1C(=O)OC(C)(C)C. The average Bonchev–Trinajstić information content (AvgIpc) is 2.57. The van der Waals surface area contributed by atoms with Crippen molar-refractivity contribution >= 4 is 11.9 Å². The predicted molar refractivity (Wildman–Crippen MR) is 65.8 cm³/mol. The molecular weight excluding hydrogens is 218 g/mol. The first-order valence-electron chi connectivity index (χ1n) is 6.26. The molecule has 17 heavy (non-hydrogen) atoms. The number of hydrogen-bond donors (Lipinski definition) is 0. The molecule has 98 valence electrons. The van der Waals surface area contributed by atoms with Crippen LogP contribution in [0.15, 0.2) is 0 Å². The van der Waals surface area contributed by atoms with Crippen molar-refractivity contribution in [3.8, 4) is 0 Å². The molecule has 0 radical (unpaired) electrons. The molecule has 1 heterocycles. The van der Waals surface area contributed by atoms with Gasteiger partial charge in [-0.15, -0.1) is 0 Å². The van der Waals surface area contributed by atoms with E-state index in [0.717, 1.165) is 12.8 Å². The highest BCUT2D eigenvalue weighted by Gasteiger charge is 2.39. The number of likely N-dealkylation sites (tertiary alicyclic amines) is 1. The molecule has 4 heteroatoms. The highest BCUT2D eigenvalue weighted by Crippen LogP contribution is 2.28. The third-order valence-electron chi connectivity index (χ3n) is 3.11. The van der Waals surface area contributed by atoms with Crippen molar-refractivity contribution < 1.29 is 14.3 Å². The van der Waals surface area contributed by atoms with E-state index in [9.17, 15) is 9.59 Å². The molecule has 0 bridgehead atoms. The van der Waals surface area contributed by atoms with Crippen LogP contribution in [0.5, 0.6) is 0 Å². The monoisotopic (exact) mass is 241 g/mol. The fraction of sp³-hybridized carbons (Fsp3) is 0.846. The number of Topliss-reactive ketones (excluding diaryl/α,β-unsaturated/α-hetero) is 1. The summed E-state index contributed by atoms with van der Waals surface area (Å²) in [7, 11) is 0. The maximum Gasteiger partial charge on any atom is 0.410 e. The van der Waals surface area contributed by atoms with Crippen molar-refractivity contribution in [2.75, 3.05) is 6.54 Å². The van der Waals surface area contributed by atoms with E-state index < -0.39 is 5.60 Å². The van der Waals surface area contributed by atoms with Crippen LogP contribution < -0.4 is 0 Å². The lowest BCUT2D eigenvalue weighted by Crippen LogP contribution is -2.42. The lowest BCUT2D eigenvalue weighted by Gasteiger charge is -2.29. The number of ether oxygens (including phenoxy) is 1. The van der Waals surface area contributed by atoms with Gasteiger partial charge in [0.1, 0.15) is 11.4 Å². The number of hydrogen-bond acceptors (Lipinski definition) is 3. The van der Waals surface area contributed by atoms with Gasteiger partial charge in [0.15, 0.2) is 0 Å². The number of carbonyl (C=O) groups is 2. The number of rotatable bonds is 2. The fourth-order valence-corrected chi connectivity index (χ4v) is 2.38. The van der Waals surface area contributed by atoms with E-state index in [1.807, 2.05) is 27.7 Å². The first-order chi connectivity index (χ1) is 7.76. The van der Waals surface area contributed by atoms with Gasteiger partial charge in [0, 0.05) is 18.5 Å². The Hall–Kier alpha value is -1.06. The Morgan fingerprint density at radius 1 is 1.35 bits per heavy atom. The molecule has 0 spiro atoms. The molecule has 2 unspecified atom stereocenters. The molecule has 0 aromatic heterocycles. The number of carbonyl (C=O) groups excluding carboxylic acids is 2. The van der Waals surface area contributed by atoms with E-state index in [-0.39, 0.29) is 23.8 Å². The van der Waals surface area contributed by atoms with Crippen molar-refractivity contribution in [1.29, 1.82) is 0 Å². The van der Waals surface area contributed by atoms with Gasteiger partial charge in [-0.3, -0.25) is 4.79 Å². The van der Waals surface area contributed by atoms with Gasteiger partial charge in [0.05, 0.1) is 0 Å². The summed E-state index contributed by atoms with van der Waals surface area (Å²) in [6.07, 6.45) is 1.25. The van der Waals surface area contributed by atoms with Crippen molar-refractivity contribution in [1.82, 2.24) is 4.90 Å². The minimum absolute atomic E-state index is 0.00218. The van der Waals surface area contributed by atoms with Gasteiger partial charge >= 0.3 is 6.09 Å². The Labute approximate surface area is 103 Å². The second kappa shape index (κ2) is 5.07. The van der Waals surface area contributed by atoms with Crippen LogP contribution >= 0.6 is 0 Å². The first-order valence-corrected chi connectivity index (χ1v) is 6.26. The molecule has 1 rings (SSSR count). The largest absolute Gasteiger partial charge is 0.444 e. The summed E-state index contributed by atoms with van der Waals surface area (Å²) in [4.78, 5) is 25.2. The van der Waals surface area contributed by atoms with E-state index in [1.165, 1.54) is 0 Å². The van der Waals surface area contributed by atoms with E-state index in [1.54, 1.807) is 11.8 Å². The Bertz CT molecular complexity index is 306. The molecule has 0 aromatic carbocycles. The minimum Gasteiger partial charge on any atom is -0.444 e. The molecule has 1 saturated heterocycles. The summed E-state index contributed by atoms with van der Waals surface area (Å²) >= 11 is 0. The lowest BCUT2D eigenvalue weighted by atomic mass is 9.95. The molecule has 1 amide bonds. The zero-order valence-corrected chi connectivity index (χ0v) is 11.4. The van der Waals surface area contributed by atoms with Crippen LogP contribution in [-0.4, -0.2) is 35.0 Å². The molecule has 0 saturated carbocycles. The summed E-state index contributed by atoms with van der Waals surface area (Å²) < 4.78 is 5.36. The van der Waals surface area contributed by atoms with E-state index >= 15 is 0 Å². The van der Waals surface area contributed by atoms with Crippen LogP contribution in [-0.2, 0) is 9.53 Å². The molecule has 0 aromatic rings. The van der Waals surface area contributed by atoms with Crippen molar-refractivity contribution in [3.63, 3.8) is 0 Å². The molecule has 1 aliphatic rings. The van der Waals surface area contributed by atoms with Gasteiger partial charge in [-0.05, 0) is 40.5 Å². The second-order valence-electron chi connectivity index (χ2n) is 5.66. The van der Waals surface area contributed by atoms with Crippen LogP contribution in [0.1, 0.15) is 47.5 Å². The topological polar surface area (TPSA) is 46.6 Å². The maximum absolute atomic E-state index is 12.0. The normalized spacial score (nSPS) is 24.9. The van der Waals surface area contributed by atoms with Crippen LogP contribution in [0, 0.1) is 5.92 Å². The Morgan fingerprint density at radius 3 is 2.35 bits per heavy atom. The van der Waals surface area contributed by atoms with E-state index in [4.69, 9.17) is 4.74 Å². The third-order valence-corrected chi connectivity index (χ3v) is 3.11. The molecule has 0 N–H and O–H groups in total. The fourth-order valence-electron chi connectivity index (χ4n) is 2.38. The highest BCUT2D eigenvalue weighted by molar-refractivity contribution is 5.81. The van der Waals surface area contributed by atoms with Crippen LogP contribution in [0.25, 0.3) is 0 Å². The first kappa shape index (κ1) is 14.0. The zero-order valence-electron chi connectivity index (χ0n) is 11.4. The van der Waals surface area contributed by atoms with Crippen molar-refractivity contribution in [3.05, 3.63) is 0 Å². The summed E-state index contributed by atoms with van der Waals surface area (Å²) in [5, 5.41) is 0. The van der Waals surface area contributed by atoms with Gasteiger partial charge in [0.25, 0.3) is 0 Å². The molecule has 0 aliphatic carbocycles. The third kappa shape index (κ3) is 3.45.